The molecule has 0 bridgehead atoms. The zero-order valence-corrected chi connectivity index (χ0v) is 8.35. The molecule has 0 heterocycles. The van der Waals surface area contributed by atoms with Crippen molar-refractivity contribution < 1.29 is 13.2 Å². The number of hydrogen-bond acceptors (Lipinski definition) is 0. The maximum atomic E-state index is 12.3. The SMILES string of the molecule is FC(F)(F)c1ccc(CC2CCC2)cc1. The molecule has 0 saturated heterocycles. The molecule has 0 atom stereocenters. The lowest BCUT2D eigenvalue weighted by atomic mass is 9.81. The third-order valence-corrected chi connectivity index (χ3v) is 3.03. The van der Waals surface area contributed by atoms with Crippen LogP contribution in [0.5, 0.6) is 0 Å². The van der Waals surface area contributed by atoms with E-state index in [0.29, 0.717) is 5.92 Å². The minimum atomic E-state index is -4.21. The fraction of sp³-hybridized carbons (Fsp3) is 0.500. The Morgan fingerprint density at radius 1 is 1.07 bits per heavy atom. The van der Waals surface area contributed by atoms with Gasteiger partial charge in [0.1, 0.15) is 0 Å². The van der Waals surface area contributed by atoms with E-state index in [4.69, 9.17) is 0 Å². The average Bonchev–Trinajstić information content (AvgIpc) is 2.11. The second-order valence-corrected chi connectivity index (χ2v) is 4.20. The summed E-state index contributed by atoms with van der Waals surface area (Å²) in [6.07, 6.45) is 0.431. The molecule has 1 aromatic carbocycles. The molecule has 82 valence electrons. The van der Waals surface area contributed by atoms with Gasteiger partial charge >= 0.3 is 6.18 Å². The van der Waals surface area contributed by atoms with E-state index in [1.807, 2.05) is 0 Å². The number of halogens is 3. The summed E-state index contributed by atoms with van der Waals surface area (Å²) in [7, 11) is 0. The van der Waals surface area contributed by atoms with Crippen LogP contribution in [0.1, 0.15) is 30.4 Å². The highest BCUT2D eigenvalue weighted by molar-refractivity contribution is 5.25. The van der Waals surface area contributed by atoms with Crippen LogP contribution in [0.2, 0.25) is 0 Å². The Morgan fingerprint density at radius 3 is 2.07 bits per heavy atom. The first kappa shape index (κ1) is 10.5. The first-order chi connectivity index (χ1) is 7.05. The van der Waals surface area contributed by atoms with E-state index in [9.17, 15) is 13.2 Å². The highest BCUT2D eigenvalue weighted by Crippen LogP contribution is 2.32. The van der Waals surface area contributed by atoms with Gasteiger partial charge in [-0.25, -0.2) is 0 Å². The van der Waals surface area contributed by atoms with Crippen LogP contribution < -0.4 is 0 Å². The van der Waals surface area contributed by atoms with Crippen LogP contribution in [0.4, 0.5) is 13.2 Å². The predicted molar refractivity (Wildman–Crippen MR) is 52.5 cm³/mol. The fourth-order valence-corrected chi connectivity index (χ4v) is 1.86. The molecule has 0 aromatic heterocycles. The summed E-state index contributed by atoms with van der Waals surface area (Å²) in [5, 5.41) is 0. The van der Waals surface area contributed by atoms with Gasteiger partial charge in [-0.05, 0) is 30.0 Å². The molecule has 0 aliphatic heterocycles. The molecule has 15 heavy (non-hydrogen) atoms. The predicted octanol–water partition coefficient (Wildman–Crippen LogP) is 4.05. The normalized spacial score (nSPS) is 17.5. The quantitative estimate of drug-likeness (QED) is 0.696. The maximum absolute atomic E-state index is 12.3. The van der Waals surface area contributed by atoms with Crippen LogP contribution in [0, 0.1) is 5.92 Å². The lowest BCUT2D eigenvalue weighted by Crippen LogP contribution is -2.13. The molecule has 0 amide bonds. The van der Waals surface area contributed by atoms with Crippen molar-refractivity contribution in [2.75, 3.05) is 0 Å². The Labute approximate surface area is 87.1 Å². The van der Waals surface area contributed by atoms with Crippen LogP contribution in [0.15, 0.2) is 24.3 Å². The Kier molecular flexibility index (Phi) is 2.72. The van der Waals surface area contributed by atoms with Gasteiger partial charge in [-0.2, -0.15) is 13.2 Å². The summed E-state index contributed by atoms with van der Waals surface area (Å²) in [4.78, 5) is 0. The second-order valence-electron chi connectivity index (χ2n) is 4.20. The van der Waals surface area contributed by atoms with E-state index in [1.54, 1.807) is 12.1 Å². The molecule has 3 heteroatoms. The molecule has 0 nitrogen and oxygen atoms in total. The Balaban J connectivity index is 2.03. The molecule has 0 spiro atoms. The number of hydrogen-bond donors (Lipinski definition) is 0. The zero-order chi connectivity index (χ0) is 10.9. The molecule has 2 rings (SSSR count). The number of alkyl halides is 3. The van der Waals surface area contributed by atoms with Crippen LogP contribution in [-0.4, -0.2) is 0 Å². The first-order valence-electron chi connectivity index (χ1n) is 5.22. The van der Waals surface area contributed by atoms with Gasteiger partial charge in [0.2, 0.25) is 0 Å². The van der Waals surface area contributed by atoms with E-state index < -0.39 is 11.7 Å². The van der Waals surface area contributed by atoms with Crippen molar-refractivity contribution in [1.82, 2.24) is 0 Å². The van der Waals surface area contributed by atoms with Crippen molar-refractivity contribution >= 4 is 0 Å². The molecule has 0 radical (unpaired) electrons. The highest BCUT2D eigenvalue weighted by Gasteiger charge is 2.30. The molecule has 0 N–H and O–H groups in total. The topological polar surface area (TPSA) is 0 Å². The van der Waals surface area contributed by atoms with Crippen molar-refractivity contribution in [1.29, 1.82) is 0 Å². The van der Waals surface area contributed by atoms with Gasteiger partial charge in [0.25, 0.3) is 0 Å². The number of rotatable bonds is 2. The third kappa shape index (κ3) is 2.52. The second kappa shape index (κ2) is 3.87. The van der Waals surface area contributed by atoms with Crippen molar-refractivity contribution in [2.45, 2.75) is 31.9 Å². The Hall–Kier alpha value is -0.990. The minimum absolute atomic E-state index is 0.556. The van der Waals surface area contributed by atoms with E-state index >= 15 is 0 Å². The summed E-state index contributed by atoms with van der Waals surface area (Å²) >= 11 is 0. The lowest BCUT2D eigenvalue weighted by Gasteiger charge is -2.25. The van der Waals surface area contributed by atoms with E-state index in [0.717, 1.165) is 12.0 Å². The van der Waals surface area contributed by atoms with Crippen LogP contribution >= 0.6 is 0 Å². The largest absolute Gasteiger partial charge is 0.416 e. The summed E-state index contributed by atoms with van der Waals surface area (Å²) in [6, 6.07) is 5.55. The van der Waals surface area contributed by atoms with E-state index in [1.165, 1.54) is 31.4 Å². The van der Waals surface area contributed by atoms with Crippen LogP contribution in [0.25, 0.3) is 0 Å². The van der Waals surface area contributed by atoms with Crippen molar-refractivity contribution in [3.63, 3.8) is 0 Å². The van der Waals surface area contributed by atoms with Gasteiger partial charge in [0.05, 0.1) is 5.56 Å². The van der Waals surface area contributed by atoms with Crippen LogP contribution in [0.3, 0.4) is 0 Å². The Morgan fingerprint density at radius 2 is 1.67 bits per heavy atom. The van der Waals surface area contributed by atoms with E-state index in [2.05, 4.69) is 0 Å². The van der Waals surface area contributed by atoms with Gasteiger partial charge < -0.3 is 0 Å². The minimum Gasteiger partial charge on any atom is -0.166 e. The van der Waals surface area contributed by atoms with Crippen molar-refractivity contribution in [3.8, 4) is 0 Å². The molecule has 1 aliphatic rings. The van der Waals surface area contributed by atoms with Crippen molar-refractivity contribution in [2.24, 2.45) is 5.92 Å². The number of benzene rings is 1. The molecule has 1 aromatic rings. The average molecular weight is 214 g/mol. The molecule has 1 fully saturated rings. The fourth-order valence-electron chi connectivity index (χ4n) is 1.86. The first-order valence-corrected chi connectivity index (χ1v) is 5.22. The standard InChI is InChI=1S/C12H13F3/c13-12(14,15)11-6-4-10(5-7-11)8-9-2-1-3-9/h4-7,9H,1-3,8H2. The summed E-state index contributed by atoms with van der Waals surface area (Å²) in [5.41, 5.74) is 0.465. The van der Waals surface area contributed by atoms with Gasteiger partial charge in [0.15, 0.2) is 0 Å². The zero-order valence-electron chi connectivity index (χ0n) is 8.35. The molecule has 1 aliphatic carbocycles. The highest BCUT2D eigenvalue weighted by atomic mass is 19.4. The van der Waals surface area contributed by atoms with E-state index in [-0.39, 0.29) is 0 Å². The lowest BCUT2D eigenvalue weighted by molar-refractivity contribution is -0.137. The summed E-state index contributed by atoms with van der Waals surface area (Å²) in [5.74, 6) is 0.696. The van der Waals surface area contributed by atoms with Crippen molar-refractivity contribution in [3.05, 3.63) is 35.4 Å². The monoisotopic (exact) mass is 214 g/mol. The summed E-state index contributed by atoms with van der Waals surface area (Å²) < 4.78 is 36.8. The maximum Gasteiger partial charge on any atom is 0.416 e. The van der Waals surface area contributed by atoms with Crippen LogP contribution in [-0.2, 0) is 12.6 Å². The van der Waals surface area contributed by atoms with Gasteiger partial charge in [-0.3, -0.25) is 0 Å². The summed E-state index contributed by atoms with van der Waals surface area (Å²) in [6.45, 7) is 0. The third-order valence-electron chi connectivity index (χ3n) is 3.03. The van der Waals surface area contributed by atoms with Gasteiger partial charge in [-0.15, -0.1) is 0 Å². The van der Waals surface area contributed by atoms with Gasteiger partial charge in [-0.1, -0.05) is 31.4 Å². The molecule has 1 saturated carbocycles. The van der Waals surface area contributed by atoms with Gasteiger partial charge in [0, 0.05) is 0 Å². The molecular formula is C12H13F3. The Bertz CT molecular complexity index is 320. The molecule has 0 unspecified atom stereocenters. The molecular weight excluding hydrogens is 201 g/mol. The smallest absolute Gasteiger partial charge is 0.166 e.